The van der Waals surface area contributed by atoms with Gasteiger partial charge in [0.05, 0.1) is 11.9 Å². The van der Waals surface area contributed by atoms with E-state index in [9.17, 15) is 18.0 Å². The van der Waals surface area contributed by atoms with Crippen molar-refractivity contribution in [3.63, 3.8) is 0 Å². The van der Waals surface area contributed by atoms with Gasteiger partial charge in [0.1, 0.15) is 12.6 Å². The summed E-state index contributed by atoms with van der Waals surface area (Å²) in [5.41, 5.74) is 2.04. The molecule has 3 rings (SSSR count). The van der Waals surface area contributed by atoms with Gasteiger partial charge in [-0.15, -0.1) is 0 Å². The van der Waals surface area contributed by atoms with Gasteiger partial charge in [-0.05, 0) is 56.0 Å². The minimum Gasteiger partial charge on any atom is -0.352 e. The van der Waals surface area contributed by atoms with Crippen LogP contribution in [0.5, 0.6) is 0 Å². The molecule has 0 aromatic heterocycles. The highest BCUT2D eigenvalue weighted by Crippen LogP contribution is 2.23. The first kappa shape index (κ1) is 27.2. The predicted octanol–water partition coefficient (Wildman–Crippen LogP) is 4.39. The Morgan fingerprint density at radius 1 is 1.06 bits per heavy atom. The third-order valence-electron chi connectivity index (χ3n) is 6.45. The van der Waals surface area contributed by atoms with E-state index in [1.165, 1.54) is 11.3 Å². The van der Waals surface area contributed by atoms with Crippen LogP contribution in [0.2, 0.25) is 0 Å². The molecule has 2 aromatic rings. The number of carbonyl (C=O) groups excluding carboxylic acids is 2. The van der Waals surface area contributed by atoms with Crippen LogP contribution in [0.4, 0.5) is 5.69 Å². The number of rotatable bonds is 9. The summed E-state index contributed by atoms with van der Waals surface area (Å²) >= 11 is 3.42. The van der Waals surface area contributed by atoms with Crippen LogP contribution in [-0.2, 0) is 26.2 Å². The second kappa shape index (κ2) is 12.0. The number of anilines is 1. The Hall–Kier alpha value is -2.39. The predicted molar refractivity (Wildman–Crippen MR) is 143 cm³/mol. The molecule has 1 saturated carbocycles. The minimum atomic E-state index is -3.74. The summed E-state index contributed by atoms with van der Waals surface area (Å²) in [7, 11) is -3.74. The Labute approximate surface area is 217 Å². The molecule has 1 fully saturated rings. The van der Waals surface area contributed by atoms with Gasteiger partial charge >= 0.3 is 0 Å². The molecule has 1 atom stereocenters. The number of benzene rings is 2. The summed E-state index contributed by atoms with van der Waals surface area (Å²) in [6.45, 7) is 3.31. The number of nitrogens with one attached hydrogen (secondary N) is 1. The fraction of sp³-hybridized carbons (Fsp3) is 0.462. The number of hydrogen-bond donors (Lipinski definition) is 1. The van der Waals surface area contributed by atoms with Crippen LogP contribution in [0.15, 0.2) is 53.0 Å². The number of halogens is 1. The van der Waals surface area contributed by atoms with Crippen molar-refractivity contribution in [3.8, 4) is 0 Å². The summed E-state index contributed by atoms with van der Waals surface area (Å²) in [4.78, 5) is 28.3. The SMILES string of the molecule is Cc1ccccc1N(CC(=O)N(Cc1ccc(Br)cc1)[C@@H](C)C(=O)NC1CCCCC1)S(C)(=O)=O. The molecule has 0 spiro atoms. The van der Waals surface area contributed by atoms with Crippen molar-refractivity contribution in [1.29, 1.82) is 0 Å². The van der Waals surface area contributed by atoms with Gasteiger partial charge in [0, 0.05) is 17.1 Å². The van der Waals surface area contributed by atoms with Crippen LogP contribution in [0, 0.1) is 6.92 Å². The molecule has 2 amide bonds. The van der Waals surface area contributed by atoms with Crippen molar-refractivity contribution in [2.24, 2.45) is 0 Å². The van der Waals surface area contributed by atoms with Gasteiger partial charge in [-0.1, -0.05) is 65.5 Å². The van der Waals surface area contributed by atoms with Gasteiger partial charge in [0.25, 0.3) is 0 Å². The Morgan fingerprint density at radius 3 is 2.29 bits per heavy atom. The second-order valence-corrected chi connectivity index (χ2v) is 12.0. The monoisotopic (exact) mass is 563 g/mol. The standard InChI is InChI=1S/C26H34BrN3O4S/c1-19-9-7-8-12-24(19)30(35(3,33)34)18-25(31)29(17-21-13-15-22(27)16-14-21)20(2)26(32)28-23-10-5-4-6-11-23/h7-9,12-16,20,23H,4-6,10-11,17-18H2,1-3H3,(H,28,32)/t20-/m0/s1. The van der Waals surface area contributed by atoms with Gasteiger partial charge in [-0.25, -0.2) is 8.42 Å². The molecule has 0 aliphatic heterocycles. The van der Waals surface area contributed by atoms with Gasteiger partial charge < -0.3 is 10.2 Å². The zero-order chi connectivity index (χ0) is 25.6. The van der Waals surface area contributed by atoms with Crippen LogP contribution < -0.4 is 9.62 Å². The maximum Gasteiger partial charge on any atom is 0.244 e. The Balaban J connectivity index is 1.87. The number of carbonyl (C=O) groups is 2. The summed E-state index contributed by atoms with van der Waals surface area (Å²) in [6.07, 6.45) is 6.31. The van der Waals surface area contributed by atoms with E-state index < -0.39 is 22.0 Å². The quantitative estimate of drug-likeness (QED) is 0.490. The normalized spacial score (nSPS) is 15.3. The van der Waals surface area contributed by atoms with E-state index in [2.05, 4.69) is 21.2 Å². The van der Waals surface area contributed by atoms with Crippen molar-refractivity contribution in [2.45, 2.75) is 64.6 Å². The first-order valence-corrected chi connectivity index (χ1v) is 14.6. The third-order valence-corrected chi connectivity index (χ3v) is 8.10. The molecule has 1 aliphatic carbocycles. The molecule has 190 valence electrons. The van der Waals surface area contributed by atoms with E-state index in [1.54, 1.807) is 32.0 Å². The minimum absolute atomic E-state index is 0.114. The first-order valence-electron chi connectivity index (χ1n) is 11.9. The van der Waals surface area contributed by atoms with E-state index in [0.29, 0.717) is 5.69 Å². The number of hydrogen-bond acceptors (Lipinski definition) is 4. The van der Waals surface area contributed by atoms with E-state index in [-0.39, 0.29) is 25.0 Å². The number of amides is 2. The van der Waals surface area contributed by atoms with E-state index >= 15 is 0 Å². The molecule has 35 heavy (non-hydrogen) atoms. The lowest BCUT2D eigenvalue weighted by Gasteiger charge is -2.33. The summed E-state index contributed by atoms with van der Waals surface area (Å²) in [6, 6.07) is 13.9. The molecule has 1 N–H and O–H groups in total. The molecule has 1 aliphatic rings. The molecular formula is C26H34BrN3O4S. The van der Waals surface area contributed by atoms with E-state index in [4.69, 9.17) is 0 Å². The summed E-state index contributed by atoms with van der Waals surface area (Å²) in [5, 5.41) is 3.10. The van der Waals surface area contributed by atoms with Crippen LogP contribution in [0.3, 0.4) is 0 Å². The second-order valence-electron chi connectivity index (χ2n) is 9.22. The fourth-order valence-corrected chi connectivity index (χ4v) is 5.55. The maximum absolute atomic E-state index is 13.6. The molecule has 0 radical (unpaired) electrons. The molecule has 9 heteroatoms. The van der Waals surface area contributed by atoms with Gasteiger partial charge in [0.15, 0.2) is 0 Å². The van der Waals surface area contributed by atoms with Crippen LogP contribution >= 0.6 is 15.9 Å². The Bertz CT molecular complexity index is 1130. The van der Waals surface area contributed by atoms with Crippen LogP contribution in [0.25, 0.3) is 0 Å². The van der Waals surface area contributed by atoms with E-state index in [0.717, 1.165) is 51.8 Å². The van der Waals surface area contributed by atoms with Gasteiger partial charge in [-0.2, -0.15) is 0 Å². The molecule has 2 aromatic carbocycles. The highest BCUT2D eigenvalue weighted by molar-refractivity contribution is 9.10. The number of sulfonamides is 1. The average molecular weight is 565 g/mol. The Kier molecular flexibility index (Phi) is 9.35. The number of nitrogens with zero attached hydrogens (tertiary/aromatic N) is 2. The summed E-state index contributed by atoms with van der Waals surface area (Å²) < 4.78 is 27.4. The summed E-state index contributed by atoms with van der Waals surface area (Å²) in [5.74, 6) is -0.656. The largest absolute Gasteiger partial charge is 0.352 e. The maximum atomic E-state index is 13.6. The van der Waals surface area contributed by atoms with Crippen molar-refractivity contribution in [2.75, 3.05) is 17.1 Å². The first-order chi connectivity index (χ1) is 16.6. The number of aryl methyl sites for hydroxylation is 1. The topological polar surface area (TPSA) is 86.8 Å². The molecular weight excluding hydrogens is 530 g/mol. The zero-order valence-electron chi connectivity index (χ0n) is 20.5. The molecule has 0 heterocycles. The molecule has 7 nitrogen and oxygen atoms in total. The zero-order valence-corrected chi connectivity index (χ0v) is 22.9. The molecule has 0 bridgehead atoms. The van der Waals surface area contributed by atoms with Crippen LogP contribution in [0.1, 0.15) is 50.2 Å². The highest BCUT2D eigenvalue weighted by atomic mass is 79.9. The van der Waals surface area contributed by atoms with Crippen LogP contribution in [-0.4, -0.2) is 50.0 Å². The van der Waals surface area contributed by atoms with Crippen molar-refractivity contribution < 1.29 is 18.0 Å². The fourth-order valence-electron chi connectivity index (χ4n) is 4.38. The van der Waals surface area contributed by atoms with Gasteiger partial charge in [-0.3, -0.25) is 13.9 Å². The highest BCUT2D eigenvalue weighted by Gasteiger charge is 2.31. The average Bonchev–Trinajstić information content (AvgIpc) is 2.82. The van der Waals surface area contributed by atoms with Gasteiger partial charge in [0.2, 0.25) is 21.8 Å². The van der Waals surface area contributed by atoms with Crippen molar-refractivity contribution >= 4 is 43.5 Å². The lowest BCUT2D eigenvalue weighted by molar-refractivity contribution is -0.139. The third kappa shape index (κ3) is 7.54. The Morgan fingerprint density at radius 2 is 1.69 bits per heavy atom. The van der Waals surface area contributed by atoms with Crippen molar-refractivity contribution in [3.05, 3.63) is 64.1 Å². The number of para-hydroxylation sites is 1. The smallest absolute Gasteiger partial charge is 0.244 e. The van der Waals surface area contributed by atoms with E-state index in [1.807, 2.05) is 30.3 Å². The molecule has 0 saturated heterocycles. The lowest BCUT2D eigenvalue weighted by Crippen LogP contribution is -2.53. The lowest BCUT2D eigenvalue weighted by atomic mass is 9.95. The molecule has 0 unspecified atom stereocenters. The van der Waals surface area contributed by atoms with Crippen molar-refractivity contribution in [1.82, 2.24) is 10.2 Å².